The Balaban J connectivity index is 1.41. The van der Waals surface area contributed by atoms with Gasteiger partial charge in [0.1, 0.15) is 35.6 Å². The van der Waals surface area contributed by atoms with Gasteiger partial charge in [-0.1, -0.05) is 29.5 Å². The molecule has 0 spiro atoms. The van der Waals surface area contributed by atoms with Crippen LogP contribution < -0.4 is 0 Å². The molecule has 0 unspecified atom stereocenters. The molecule has 8 nitrogen and oxygen atoms in total. The molecular formula is C27H20F6N6O2. The third-order valence-electron chi connectivity index (χ3n) is 6.51. The lowest BCUT2D eigenvalue weighted by Crippen LogP contribution is -2.44. The molecule has 1 N–H and O–H groups in total. The monoisotopic (exact) mass is 574 g/mol. The Morgan fingerprint density at radius 3 is 2.44 bits per heavy atom. The van der Waals surface area contributed by atoms with Crippen LogP contribution in [0.2, 0.25) is 0 Å². The maximum absolute atomic E-state index is 14.7. The molecule has 0 bridgehead atoms. The quantitative estimate of drug-likeness (QED) is 0.154. The van der Waals surface area contributed by atoms with Crippen molar-refractivity contribution < 1.29 is 36.2 Å². The zero-order valence-electron chi connectivity index (χ0n) is 21.1. The maximum Gasteiger partial charge on any atom is 0.198 e. The Morgan fingerprint density at radius 1 is 0.927 bits per heavy atom. The molecule has 0 amide bonds. The van der Waals surface area contributed by atoms with Crippen molar-refractivity contribution in [1.82, 2.24) is 29.8 Å². The van der Waals surface area contributed by atoms with Gasteiger partial charge in [0.05, 0.1) is 31.1 Å². The fourth-order valence-electron chi connectivity index (χ4n) is 4.34. The van der Waals surface area contributed by atoms with Gasteiger partial charge in [0, 0.05) is 22.8 Å². The molecule has 0 aliphatic rings. The third-order valence-corrected chi connectivity index (χ3v) is 6.51. The number of ether oxygens (including phenoxy) is 1. The summed E-state index contributed by atoms with van der Waals surface area (Å²) in [4.78, 5) is 3.81. The van der Waals surface area contributed by atoms with E-state index in [1.807, 2.05) is 0 Å². The fraction of sp³-hybridized carbons (Fsp3) is 0.185. The number of aliphatic hydroxyl groups is 1. The van der Waals surface area contributed by atoms with E-state index in [4.69, 9.17) is 4.74 Å². The summed E-state index contributed by atoms with van der Waals surface area (Å²) >= 11 is 0. The van der Waals surface area contributed by atoms with Gasteiger partial charge in [-0.15, -0.1) is 5.10 Å². The van der Waals surface area contributed by atoms with Gasteiger partial charge in [0.15, 0.2) is 23.3 Å². The van der Waals surface area contributed by atoms with Crippen molar-refractivity contribution in [2.45, 2.75) is 31.8 Å². The van der Waals surface area contributed by atoms with Gasteiger partial charge in [0.2, 0.25) is 0 Å². The number of hydrogen-bond acceptors (Lipinski definition) is 6. The van der Waals surface area contributed by atoms with Crippen LogP contribution in [0.15, 0.2) is 67.4 Å². The molecule has 3 aromatic carbocycles. The molecule has 0 fully saturated rings. The first-order valence-corrected chi connectivity index (χ1v) is 12.0. The lowest BCUT2D eigenvalue weighted by atomic mass is 9.88. The Kier molecular flexibility index (Phi) is 7.60. The average Bonchev–Trinajstić information content (AvgIpc) is 3.65. The molecule has 5 rings (SSSR count). The Hall–Kier alpha value is -4.56. The van der Waals surface area contributed by atoms with Gasteiger partial charge in [0.25, 0.3) is 0 Å². The van der Waals surface area contributed by atoms with Crippen molar-refractivity contribution in [3.63, 3.8) is 0 Å². The summed E-state index contributed by atoms with van der Waals surface area (Å²) in [6.07, 6.45) is 2.81. The predicted molar refractivity (Wildman–Crippen MR) is 131 cm³/mol. The maximum atomic E-state index is 14.7. The van der Waals surface area contributed by atoms with Crippen LogP contribution in [0, 0.1) is 34.9 Å². The van der Waals surface area contributed by atoms with Gasteiger partial charge in [-0.2, -0.15) is 5.10 Å². The van der Waals surface area contributed by atoms with E-state index < -0.39 is 52.2 Å². The smallest absolute Gasteiger partial charge is 0.198 e. The molecule has 0 aliphatic carbocycles. The molecule has 0 saturated carbocycles. The lowest BCUT2D eigenvalue weighted by molar-refractivity contribution is -0.124. The van der Waals surface area contributed by atoms with E-state index in [1.165, 1.54) is 53.3 Å². The SMILES string of the molecule is C[C@@H](OCc1cn(-c2ccccc2-c2cc(F)c(F)c(F)c2F)nn1)[C@](O)(Cn1cncn1)c1ccc(F)cc1F. The topological polar surface area (TPSA) is 90.9 Å². The molecule has 0 saturated heterocycles. The van der Waals surface area contributed by atoms with E-state index in [2.05, 4.69) is 20.4 Å². The largest absolute Gasteiger partial charge is 0.380 e. The second-order valence-electron chi connectivity index (χ2n) is 9.11. The molecule has 0 aliphatic heterocycles. The van der Waals surface area contributed by atoms with Crippen molar-refractivity contribution >= 4 is 0 Å². The number of para-hydroxylation sites is 1. The number of halogens is 6. The van der Waals surface area contributed by atoms with E-state index in [1.54, 1.807) is 6.07 Å². The predicted octanol–water partition coefficient (Wildman–Crippen LogP) is 4.85. The van der Waals surface area contributed by atoms with Gasteiger partial charge in [-0.05, 0) is 25.1 Å². The van der Waals surface area contributed by atoms with Gasteiger partial charge < -0.3 is 9.84 Å². The summed E-state index contributed by atoms with van der Waals surface area (Å²) in [7, 11) is 0. The molecule has 0 radical (unpaired) electrons. The Morgan fingerprint density at radius 2 is 1.71 bits per heavy atom. The van der Waals surface area contributed by atoms with Crippen LogP contribution in [0.4, 0.5) is 26.3 Å². The average molecular weight is 574 g/mol. The standard InChI is InChI=1S/C27H20F6N6O2/c1-15(27(40,12-38-14-34-13-35-38)20-7-6-16(28)8-21(20)29)41-11-17-10-39(37-36-17)23-5-3-2-4-18(23)19-9-22(30)25(32)26(33)24(19)31/h2-10,13-15,40H,11-12H2,1H3/t15-,27-/m1/s1. The van der Waals surface area contributed by atoms with E-state index in [-0.39, 0.29) is 35.7 Å². The number of rotatable bonds is 9. The zero-order valence-corrected chi connectivity index (χ0v) is 21.1. The third kappa shape index (κ3) is 5.43. The first-order valence-electron chi connectivity index (χ1n) is 12.0. The summed E-state index contributed by atoms with van der Waals surface area (Å²) in [5.41, 5.74) is -2.41. The highest BCUT2D eigenvalue weighted by Crippen LogP contribution is 2.33. The van der Waals surface area contributed by atoms with E-state index in [0.29, 0.717) is 12.1 Å². The summed E-state index contributed by atoms with van der Waals surface area (Å²) in [6, 6.07) is 9.19. The van der Waals surface area contributed by atoms with Crippen molar-refractivity contribution in [1.29, 1.82) is 0 Å². The molecule has 14 heteroatoms. The van der Waals surface area contributed by atoms with Crippen molar-refractivity contribution in [3.8, 4) is 16.8 Å². The molecule has 5 aromatic rings. The van der Waals surface area contributed by atoms with Gasteiger partial charge in [-0.25, -0.2) is 40.7 Å². The number of benzene rings is 3. The van der Waals surface area contributed by atoms with Crippen LogP contribution in [0.5, 0.6) is 0 Å². The van der Waals surface area contributed by atoms with Crippen LogP contribution in [-0.2, 0) is 23.5 Å². The highest BCUT2D eigenvalue weighted by molar-refractivity contribution is 5.73. The van der Waals surface area contributed by atoms with Gasteiger partial charge >= 0.3 is 0 Å². The first kappa shape index (κ1) is 28.0. The molecule has 41 heavy (non-hydrogen) atoms. The molecule has 2 aromatic heterocycles. The number of hydrogen-bond donors (Lipinski definition) is 1. The van der Waals surface area contributed by atoms with Crippen LogP contribution in [0.1, 0.15) is 18.2 Å². The second kappa shape index (κ2) is 11.1. The van der Waals surface area contributed by atoms with E-state index in [0.717, 1.165) is 12.1 Å². The van der Waals surface area contributed by atoms with Crippen LogP contribution >= 0.6 is 0 Å². The molecule has 2 heterocycles. The highest BCUT2D eigenvalue weighted by Gasteiger charge is 2.40. The molecule has 212 valence electrons. The minimum absolute atomic E-state index is 0.00234. The summed E-state index contributed by atoms with van der Waals surface area (Å²) in [5.74, 6) is -8.84. The second-order valence-corrected chi connectivity index (χ2v) is 9.11. The lowest BCUT2D eigenvalue weighted by Gasteiger charge is -2.34. The Labute approximate surface area is 228 Å². The summed E-state index contributed by atoms with van der Waals surface area (Å²) in [5, 5.41) is 23.5. The molecular weight excluding hydrogens is 554 g/mol. The van der Waals surface area contributed by atoms with E-state index >= 15 is 0 Å². The van der Waals surface area contributed by atoms with Crippen molar-refractivity contribution in [3.05, 3.63) is 114 Å². The zero-order chi connectivity index (χ0) is 29.3. The minimum atomic E-state index is -2.03. The highest BCUT2D eigenvalue weighted by atomic mass is 19.2. The van der Waals surface area contributed by atoms with Crippen molar-refractivity contribution in [2.75, 3.05) is 0 Å². The Bertz CT molecular complexity index is 1700. The fourth-order valence-corrected chi connectivity index (χ4v) is 4.34. The first-order chi connectivity index (χ1) is 19.6. The minimum Gasteiger partial charge on any atom is -0.380 e. The van der Waals surface area contributed by atoms with Gasteiger partial charge in [-0.3, -0.25) is 0 Å². The normalized spacial score (nSPS) is 13.8. The number of nitrogens with zero attached hydrogens (tertiary/aromatic N) is 6. The van der Waals surface area contributed by atoms with Crippen molar-refractivity contribution in [2.24, 2.45) is 0 Å². The van der Waals surface area contributed by atoms with Crippen LogP contribution in [0.25, 0.3) is 16.8 Å². The summed E-state index contributed by atoms with van der Waals surface area (Å²) < 4.78 is 92.5. The van der Waals surface area contributed by atoms with Crippen LogP contribution in [-0.4, -0.2) is 41.0 Å². The summed E-state index contributed by atoms with van der Waals surface area (Å²) in [6.45, 7) is 0.937. The number of aromatic nitrogens is 6. The molecule has 2 atom stereocenters. The van der Waals surface area contributed by atoms with E-state index in [9.17, 15) is 31.4 Å². The van der Waals surface area contributed by atoms with Crippen LogP contribution in [0.3, 0.4) is 0 Å².